The Balaban J connectivity index is 1.47. The molecule has 3 nitrogen and oxygen atoms in total. The van der Waals surface area contributed by atoms with Crippen molar-refractivity contribution in [2.75, 3.05) is 13.1 Å². The minimum atomic E-state index is 0.804. The van der Waals surface area contributed by atoms with Gasteiger partial charge in [-0.25, -0.2) is 4.98 Å². The van der Waals surface area contributed by atoms with Crippen LogP contribution in [0.4, 0.5) is 0 Å². The van der Waals surface area contributed by atoms with E-state index in [1.54, 1.807) is 0 Å². The molecule has 0 unspecified atom stereocenters. The molecule has 3 rings (SSSR count). The Morgan fingerprint density at radius 3 is 2.55 bits per heavy atom. The molecule has 0 atom stereocenters. The summed E-state index contributed by atoms with van der Waals surface area (Å²) in [5.41, 5.74) is 2.77. The maximum absolute atomic E-state index is 4.12. The first-order valence-corrected chi connectivity index (χ1v) is 7.53. The molecule has 1 aliphatic rings. The molecule has 2 heterocycles. The number of piperidine rings is 1. The van der Waals surface area contributed by atoms with Crippen LogP contribution in [0, 0.1) is 12.8 Å². The van der Waals surface area contributed by atoms with Gasteiger partial charge in [0.1, 0.15) is 0 Å². The third-order valence-electron chi connectivity index (χ3n) is 4.26. The summed E-state index contributed by atoms with van der Waals surface area (Å²) in [5, 5.41) is 0. The van der Waals surface area contributed by atoms with Crippen molar-refractivity contribution in [1.82, 2.24) is 14.5 Å². The number of imidazole rings is 1. The second-order valence-corrected chi connectivity index (χ2v) is 5.96. The van der Waals surface area contributed by atoms with E-state index in [1.807, 2.05) is 12.5 Å². The van der Waals surface area contributed by atoms with Crippen LogP contribution in [-0.2, 0) is 13.1 Å². The molecule has 1 aromatic carbocycles. The Labute approximate surface area is 121 Å². The van der Waals surface area contributed by atoms with Crippen molar-refractivity contribution in [2.24, 2.45) is 5.92 Å². The molecule has 106 valence electrons. The van der Waals surface area contributed by atoms with E-state index >= 15 is 0 Å². The average Bonchev–Trinajstić information content (AvgIpc) is 2.96. The number of rotatable bonds is 4. The van der Waals surface area contributed by atoms with Gasteiger partial charge in [0.25, 0.3) is 0 Å². The van der Waals surface area contributed by atoms with E-state index in [-0.39, 0.29) is 0 Å². The SMILES string of the molecule is Cc1ccc(CN2CCC(Cn3ccnc3)CC2)cc1. The first-order valence-electron chi connectivity index (χ1n) is 7.53. The minimum Gasteiger partial charge on any atom is -0.337 e. The zero-order chi connectivity index (χ0) is 13.8. The van der Waals surface area contributed by atoms with Crippen LogP contribution >= 0.6 is 0 Å². The van der Waals surface area contributed by atoms with Gasteiger partial charge in [0, 0.05) is 25.5 Å². The number of aryl methyl sites for hydroxylation is 1. The molecule has 1 aliphatic heterocycles. The highest BCUT2D eigenvalue weighted by Crippen LogP contribution is 2.20. The fourth-order valence-electron chi connectivity index (χ4n) is 2.97. The molecule has 0 radical (unpaired) electrons. The van der Waals surface area contributed by atoms with Crippen molar-refractivity contribution in [2.45, 2.75) is 32.9 Å². The molecular formula is C17H23N3. The zero-order valence-corrected chi connectivity index (χ0v) is 12.2. The van der Waals surface area contributed by atoms with Gasteiger partial charge in [0.15, 0.2) is 0 Å². The van der Waals surface area contributed by atoms with Crippen LogP contribution in [-0.4, -0.2) is 27.5 Å². The van der Waals surface area contributed by atoms with Gasteiger partial charge < -0.3 is 4.57 Å². The van der Waals surface area contributed by atoms with Crippen molar-refractivity contribution >= 4 is 0 Å². The van der Waals surface area contributed by atoms with Gasteiger partial charge >= 0.3 is 0 Å². The number of aromatic nitrogens is 2. The Morgan fingerprint density at radius 1 is 1.15 bits per heavy atom. The fraction of sp³-hybridized carbons (Fsp3) is 0.471. The quantitative estimate of drug-likeness (QED) is 0.850. The highest BCUT2D eigenvalue weighted by atomic mass is 15.1. The van der Waals surface area contributed by atoms with Crippen LogP contribution in [0.5, 0.6) is 0 Å². The average molecular weight is 269 g/mol. The van der Waals surface area contributed by atoms with Crippen molar-refractivity contribution in [3.05, 3.63) is 54.1 Å². The highest BCUT2D eigenvalue weighted by molar-refractivity contribution is 5.21. The van der Waals surface area contributed by atoms with Gasteiger partial charge in [-0.1, -0.05) is 29.8 Å². The summed E-state index contributed by atoms with van der Waals surface area (Å²) in [5.74, 6) is 0.804. The number of hydrogen-bond acceptors (Lipinski definition) is 2. The second-order valence-electron chi connectivity index (χ2n) is 5.96. The van der Waals surface area contributed by atoms with Crippen molar-refractivity contribution in [1.29, 1.82) is 0 Å². The van der Waals surface area contributed by atoms with Crippen LogP contribution in [0.1, 0.15) is 24.0 Å². The fourth-order valence-corrected chi connectivity index (χ4v) is 2.97. The highest BCUT2D eigenvalue weighted by Gasteiger charge is 2.19. The van der Waals surface area contributed by atoms with E-state index in [1.165, 1.54) is 37.1 Å². The lowest BCUT2D eigenvalue weighted by atomic mass is 9.96. The third kappa shape index (κ3) is 3.48. The largest absolute Gasteiger partial charge is 0.337 e. The van der Waals surface area contributed by atoms with Gasteiger partial charge in [0.2, 0.25) is 0 Å². The first kappa shape index (κ1) is 13.4. The molecule has 0 bridgehead atoms. The van der Waals surface area contributed by atoms with Crippen LogP contribution in [0.3, 0.4) is 0 Å². The predicted molar refractivity (Wildman–Crippen MR) is 81.4 cm³/mol. The zero-order valence-electron chi connectivity index (χ0n) is 12.2. The summed E-state index contributed by atoms with van der Waals surface area (Å²) in [7, 11) is 0. The standard InChI is InChI=1S/C17H23N3/c1-15-2-4-16(5-3-15)12-19-9-6-17(7-10-19)13-20-11-8-18-14-20/h2-5,8,11,14,17H,6-7,9-10,12-13H2,1H3. The molecule has 1 fully saturated rings. The lowest BCUT2D eigenvalue weighted by Crippen LogP contribution is -2.34. The Bertz CT molecular complexity index is 508. The predicted octanol–water partition coefficient (Wildman–Crippen LogP) is 3.10. The lowest BCUT2D eigenvalue weighted by Gasteiger charge is -2.32. The summed E-state index contributed by atoms with van der Waals surface area (Å²) >= 11 is 0. The summed E-state index contributed by atoms with van der Waals surface area (Å²) < 4.78 is 2.21. The number of hydrogen-bond donors (Lipinski definition) is 0. The van der Waals surface area contributed by atoms with Gasteiger partial charge in [-0.05, 0) is 44.3 Å². The lowest BCUT2D eigenvalue weighted by molar-refractivity contribution is 0.167. The van der Waals surface area contributed by atoms with Crippen molar-refractivity contribution in [3.8, 4) is 0 Å². The number of nitrogens with zero attached hydrogens (tertiary/aromatic N) is 3. The van der Waals surface area contributed by atoms with Crippen LogP contribution in [0.2, 0.25) is 0 Å². The number of benzene rings is 1. The molecule has 2 aromatic rings. The maximum Gasteiger partial charge on any atom is 0.0945 e. The third-order valence-corrected chi connectivity index (χ3v) is 4.26. The molecule has 0 aliphatic carbocycles. The van der Waals surface area contributed by atoms with Gasteiger partial charge in [-0.3, -0.25) is 4.90 Å². The molecule has 20 heavy (non-hydrogen) atoms. The van der Waals surface area contributed by atoms with Gasteiger partial charge in [0.05, 0.1) is 6.33 Å². The summed E-state index contributed by atoms with van der Waals surface area (Å²) in [6, 6.07) is 8.93. The van der Waals surface area contributed by atoms with Crippen LogP contribution in [0.25, 0.3) is 0 Å². The van der Waals surface area contributed by atoms with E-state index in [9.17, 15) is 0 Å². The monoisotopic (exact) mass is 269 g/mol. The number of likely N-dealkylation sites (tertiary alicyclic amines) is 1. The Hall–Kier alpha value is -1.61. The molecule has 0 saturated carbocycles. The second kappa shape index (κ2) is 6.23. The van der Waals surface area contributed by atoms with Crippen molar-refractivity contribution in [3.63, 3.8) is 0 Å². The maximum atomic E-state index is 4.12. The smallest absolute Gasteiger partial charge is 0.0945 e. The van der Waals surface area contributed by atoms with Crippen LogP contribution in [0.15, 0.2) is 43.0 Å². The first-order chi connectivity index (χ1) is 9.79. The summed E-state index contributed by atoms with van der Waals surface area (Å²) in [4.78, 5) is 6.70. The molecule has 1 aromatic heterocycles. The summed E-state index contributed by atoms with van der Waals surface area (Å²) in [6.07, 6.45) is 8.46. The van der Waals surface area contributed by atoms with Gasteiger partial charge in [-0.2, -0.15) is 0 Å². The Kier molecular flexibility index (Phi) is 4.16. The molecular weight excluding hydrogens is 246 g/mol. The van der Waals surface area contributed by atoms with Crippen molar-refractivity contribution < 1.29 is 0 Å². The molecule has 0 amide bonds. The topological polar surface area (TPSA) is 21.1 Å². The van der Waals surface area contributed by atoms with E-state index in [0.29, 0.717) is 0 Å². The molecule has 0 N–H and O–H groups in total. The summed E-state index contributed by atoms with van der Waals surface area (Å²) in [6.45, 7) is 6.79. The van der Waals surface area contributed by atoms with E-state index in [4.69, 9.17) is 0 Å². The van der Waals surface area contributed by atoms with E-state index in [2.05, 4.69) is 51.8 Å². The molecule has 3 heteroatoms. The van der Waals surface area contributed by atoms with Crippen LogP contribution < -0.4 is 0 Å². The van der Waals surface area contributed by atoms with Gasteiger partial charge in [-0.15, -0.1) is 0 Å². The molecule has 0 spiro atoms. The minimum absolute atomic E-state index is 0.804. The van der Waals surface area contributed by atoms with E-state index in [0.717, 1.165) is 19.0 Å². The molecule has 1 saturated heterocycles. The van der Waals surface area contributed by atoms with E-state index < -0.39 is 0 Å². The Morgan fingerprint density at radius 2 is 1.90 bits per heavy atom. The normalized spacial score (nSPS) is 17.4.